The van der Waals surface area contributed by atoms with E-state index in [0.717, 1.165) is 128 Å². The van der Waals surface area contributed by atoms with E-state index in [4.69, 9.17) is 0 Å². The molecule has 0 aliphatic heterocycles. The Morgan fingerprint density at radius 3 is 1.04 bits per heavy atom. The number of nitrogens with zero attached hydrogens (tertiary/aromatic N) is 3. The van der Waals surface area contributed by atoms with Gasteiger partial charge in [-0.05, 0) is 151 Å². The zero-order valence-corrected chi connectivity index (χ0v) is 51.3. The van der Waals surface area contributed by atoms with E-state index in [-0.39, 0.29) is 5.41 Å². The number of fused-ring (bicyclic) bond motifs is 8. The Morgan fingerprint density at radius 2 is 0.554 bits per heavy atom. The monoisotopic (exact) mass is 1170 g/mol. The minimum atomic E-state index is -0.319. The van der Waals surface area contributed by atoms with Crippen LogP contribution in [0.4, 0.5) is 51.2 Å². The maximum atomic E-state index is 2.60. The predicted molar refractivity (Wildman–Crippen MR) is 392 cm³/mol. The second-order valence-corrected chi connectivity index (χ2v) is 24.8. The zero-order valence-electron chi connectivity index (χ0n) is 51.3. The average molecular weight is 1170 g/mol. The molecule has 0 atom stereocenters. The number of rotatable bonds is 12. The summed E-state index contributed by atoms with van der Waals surface area (Å²) < 4.78 is 0. The Kier molecular flexibility index (Phi) is 13.2. The van der Waals surface area contributed by atoms with Crippen LogP contribution in [0.15, 0.2) is 346 Å². The van der Waals surface area contributed by atoms with Crippen LogP contribution in [0.1, 0.15) is 25.0 Å². The lowest BCUT2D eigenvalue weighted by Crippen LogP contribution is -2.17. The standard InChI is InChI=1S/C89H63N3/c1-89(2)82-48-19-18-47-76(82)78-58-80-81(59-83(78)89)87(91(85-50-24-36-64-33-13-16-45-74(64)85)70-42-21-39-67(55-70)61-28-8-4-9-29-61)77-53-52-72(90(84-49-23-35-63-32-12-15-44-73(63)84)69-41-20-38-66(54-69)60-26-6-3-7-27-60)57-79(77)88(80)92(86-51-25-37-65-34-14-17-46-75(65)86)71-43-22-40-68(56-71)62-30-10-5-11-31-62/h3-59H,1-2H3. The summed E-state index contributed by atoms with van der Waals surface area (Å²) in [7, 11) is 0. The lowest BCUT2D eigenvalue weighted by Gasteiger charge is -2.35. The van der Waals surface area contributed by atoms with Gasteiger partial charge >= 0.3 is 0 Å². The molecule has 0 radical (unpaired) electrons. The Hall–Kier alpha value is -11.8. The van der Waals surface area contributed by atoms with Crippen LogP contribution in [0.25, 0.3) is 98.4 Å². The average Bonchev–Trinajstić information content (AvgIpc) is 1.29. The molecule has 434 valence electrons. The summed E-state index contributed by atoms with van der Waals surface area (Å²) in [6.45, 7) is 4.82. The molecule has 0 fully saturated rings. The third-order valence-electron chi connectivity index (χ3n) is 19.1. The van der Waals surface area contributed by atoms with Gasteiger partial charge in [-0.2, -0.15) is 0 Å². The summed E-state index contributed by atoms with van der Waals surface area (Å²) in [6.07, 6.45) is 0. The van der Waals surface area contributed by atoms with Crippen molar-refractivity contribution in [1.29, 1.82) is 0 Å². The van der Waals surface area contributed by atoms with E-state index in [1.807, 2.05) is 0 Å². The molecule has 17 rings (SSSR count). The van der Waals surface area contributed by atoms with Crippen LogP contribution in [0.3, 0.4) is 0 Å². The van der Waals surface area contributed by atoms with E-state index in [9.17, 15) is 0 Å². The molecule has 0 unspecified atom stereocenters. The Bertz CT molecular complexity index is 5500. The van der Waals surface area contributed by atoms with E-state index in [1.54, 1.807) is 0 Å². The molecular formula is C89H63N3. The lowest BCUT2D eigenvalue weighted by atomic mass is 9.81. The van der Waals surface area contributed by atoms with Gasteiger partial charge in [0, 0.05) is 65.9 Å². The summed E-state index contributed by atoms with van der Waals surface area (Å²) >= 11 is 0. The fraction of sp³-hybridized carbons (Fsp3) is 0.0337. The maximum Gasteiger partial charge on any atom is 0.0621 e. The first-order valence-electron chi connectivity index (χ1n) is 31.9. The van der Waals surface area contributed by atoms with Crippen LogP contribution in [0, 0.1) is 0 Å². The van der Waals surface area contributed by atoms with Crippen molar-refractivity contribution in [2.75, 3.05) is 14.7 Å². The van der Waals surface area contributed by atoms with Gasteiger partial charge in [0.15, 0.2) is 0 Å². The van der Waals surface area contributed by atoms with Gasteiger partial charge in [0.2, 0.25) is 0 Å². The highest BCUT2D eigenvalue weighted by Crippen LogP contribution is 2.58. The molecular weight excluding hydrogens is 1110 g/mol. The molecule has 16 aromatic carbocycles. The highest BCUT2D eigenvalue weighted by atomic mass is 15.2. The summed E-state index contributed by atoms with van der Waals surface area (Å²) in [5, 5.41) is 11.4. The van der Waals surface area contributed by atoms with Crippen molar-refractivity contribution in [2.24, 2.45) is 0 Å². The van der Waals surface area contributed by atoms with E-state index in [2.05, 4.69) is 374 Å². The molecule has 0 saturated carbocycles. The van der Waals surface area contributed by atoms with E-state index in [0.29, 0.717) is 0 Å². The molecule has 0 heterocycles. The van der Waals surface area contributed by atoms with Crippen LogP contribution < -0.4 is 14.7 Å². The molecule has 0 N–H and O–H groups in total. The van der Waals surface area contributed by atoms with Gasteiger partial charge in [-0.1, -0.05) is 281 Å². The van der Waals surface area contributed by atoms with Crippen molar-refractivity contribution in [3.63, 3.8) is 0 Å². The van der Waals surface area contributed by atoms with Gasteiger partial charge in [-0.15, -0.1) is 0 Å². The van der Waals surface area contributed by atoms with Gasteiger partial charge in [-0.3, -0.25) is 0 Å². The van der Waals surface area contributed by atoms with E-state index < -0.39 is 0 Å². The SMILES string of the molecule is CC1(C)c2ccccc2-c2cc3c(N(c4cccc(-c5ccccc5)c4)c4cccc5ccccc45)c4cc(N(c5cccc(-c6ccccc6)c5)c5cccc6ccccc56)ccc4c(N(c4cccc(-c5ccccc5)c4)c4cccc5ccccc45)c3cc21. The first-order chi connectivity index (χ1) is 45.4. The number of hydrogen-bond donors (Lipinski definition) is 0. The van der Waals surface area contributed by atoms with E-state index in [1.165, 1.54) is 33.0 Å². The summed E-state index contributed by atoms with van der Waals surface area (Å²) in [5.74, 6) is 0. The zero-order chi connectivity index (χ0) is 61.3. The van der Waals surface area contributed by atoms with Gasteiger partial charge in [0.1, 0.15) is 0 Å². The summed E-state index contributed by atoms with van der Waals surface area (Å²) in [5.41, 5.74) is 21.3. The van der Waals surface area contributed by atoms with Crippen molar-refractivity contribution in [1.82, 2.24) is 0 Å². The molecule has 1 aliphatic rings. The second-order valence-electron chi connectivity index (χ2n) is 24.8. The summed E-state index contributed by atoms with van der Waals surface area (Å²) in [6, 6.07) is 128. The largest absolute Gasteiger partial charge is 0.310 e. The van der Waals surface area contributed by atoms with Crippen LogP contribution in [-0.2, 0) is 5.41 Å². The molecule has 0 spiro atoms. The lowest BCUT2D eigenvalue weighted by molar-refractivity contribution is 0.661. The van der Waals surface area contributed by atoms with Crippen LogP contribution in [0.2, 0.25) is 0 Å². The smallest absolute Gasteiger partial charge is 0.0621 e. The van der Waals surface area contributed by atoms with Gasteiger partial charge in [-0.25, -0.2) is 0 Å². The van der Waals surface area contributed by atoms with Crippen molar-refractivity contribution < 1.29 is 0 Å². The Morgan fingerprint density at radius 1 is 0.207 bits per heavy atom. The van der Waals surface area contributed by atoms with Gasteiger partial charge in [0.25, 0.3) is 0 Å². The molecule has 3 nitrogen and oxygen atoms in total. The quantitative estimate of drug-likeness (QED) is 0.0892. The fourth-order valence-electron chi connectivity index (χ4n) is 14.8. The Balaban J connectivity index is 1.08. The molecule has 16 aromatic rings. The minimum Gasteiger partial charge on any atom is -0.310 e. The number of hydrogen-bond acceptors (Lipinski definition) is 3. The minimum absolute atomic E-state index is 0.319. The predicted octanol–water partition coefficient (Wildman–Crippen LogP) is 25.2. The van der Waals surface area contributed by atoms with Crippen molar-refractivity contribution >= 4 is 105 Å². The molecule has 0 saturated heterocycles. The first-order valence-corrected chi connectivity index (χ1v) is 31.9. The second kappa shape index (κ2) is 22.4. The van der Waals surface area contributed by atoms with Crippen molar-refractivity contribution in [2.45, 2.75) is 19.3 Å². The van der Waals surface area contributed by atoms with E-state index >= 15 is 0 Å². The van der Waals surface area contributed by atoms with Crippen molar-refractivity contribution in [3.8, 4) is 44.5 Å². The molecule has 0 aromatic heterocycles. The fourth-order valence-corrected chi connectivity index (χ4v) is 14.8. The summed E-state index contributed by atoms with van der Waals surface area (Å²) in [4.78, 5) is 7.68. The topological polar surface area (TPSA) is 9.72 Å². The van der Waals surface area contributed by atoms with Crippen LogP contribution in [-0.4, -0.2) is 0 Å². The normalized spacial score (nSPS) is 12.3. The first kappa shape index (κ1) is 54.4. The van der Waals surface area contributed by atoms with Gasteiger partial charge in [0.05, 0.1) is 28.4 Å². The van der Waals surface area contributed by atoms with Gasteiger partial charge < -0.3 is 14.7 Å². The van der Waals surface area contributed by atoms with Crippen LogP contribution in [0.5, 0.6) is 0 Å². The number of anilines is 9. The third kappa shape index (κ3) is 9.20. The molecule has 1 aliphatic carbocycles. The number of benzene rings is 16. The molecule has 3 heteroatoms. The molecule has 92 heavy (non-hydrogen) atoms. The van der Waals surface area contributed by atoms with Crippen molar-refractivity contribution in [3.05, 3.63) is 357 Å². The third-order valence-corrected chi connectivity index (χ3v) is 19.1. The Labute approximate surface area is 537 Å². The molecule has 0 amide bonds. The molecule has 0 bridgehead atoms. The highest BCUT2D eigenvalue weighted by molar-refractivity contribution is 6.26. The maximum absolute atomic E-state index is 2.60. The highest BCUT2D eigenvalue weighted by Gasteiger charge is 2.38. The van der Waals surface area contributed by atoms with Crippen LogP contribution >= 0.6 is 0 Å².